The van der Waals surface area contributed by atoms with Crippen LogP contribution in [0.25, 0.3) is 0 Å². The van der Waals surface area contributed by atoms with Crippen molar-refractivity contribution in [3.63, 3.8) is 0 Å². The van der Waals surface area contributed by atoms with Gasteiger partial charge in [-0.15, -0.1) is 0 Å². The summed E-state index contributed by atoms with van der Waals surface area (Å²) in [6.07, 6.45) is 5.03. The van der Waals surface area contributed by atoms with Gasteiger partial charge in [-0.2, -0.15) is 0 Å². The maximum Gasteiger partial charge on any atom is 0.273 e. The molecule has 1 heterocycles. The Morgan fingerprint density at radius 1 is 1.23 bits per heavy atom. The molecule has 0 radical (unpaired) electrons. The SMILES string of the molecule is CCCCCOC1NC(NC=O)=C(C(=O)N(C)CCCC)N1Cc1ccc(Cl)cc1. The van der Waals surface area contributed by atoms with Gasteiger partial charge in [-0.05, 0) is 30.5 Å². The van der Waals surface area contributed by atoms with Gasteiger partial charge in [0, 0.05) is 25.2 Å². The summed E-state index contributed by atoms with van der Waals surface area (Å²) in [4.78, 5) is 28.0. The van der Waals surface area contributed by atoms with Gasteiger partial charge >= 0.3 is 0 Å². The maximum absolute atomic E-state index is 13.3. The molecule has 0 fully saturated rings. The fraction of sp³-hybridized carbons (Fsp3) is 0.545. The second-order valence-corrected chi connectivity index (χ2v) is 7.83. The van der Waals surface area contributed by atoms with Crippen molar-refractivity contribution in [1.82, 2.24) is 20.4 Å². The number of carbonyl (C=O) groups is 2. The summed E-state index contributed by atoms with van der Waals surface area (Å²) in [5, 5.41) is 6.45. The van der Waals surface area contributed by atoms with Crippen LogP contribution < -0.4 is 10.6 Å². The third-order valence-corrected chi connectivity index (χ3v) is 5.22. The quantitative estimate of drug-likeness (QED) is 0.366. The van der Waals surface area contributed by atoms with E-state index in [4.69, 9.17) is 16.3 Å². The lowest BCUT2D eigenvalue weighted by Gasteiger charge is -2.30. The fourth-order valence-electron chi connectivity index (χ4n) is 3.23. The molecule has 166 valence electrons. The summed E-state index contributed by atoms with van der Waals surface area (Å²) < 4.78 is 6.05. The van der Waals surface area contributed by atoms with Crippen LogP contribution in [0.2, 0.25) is 5.02 Å². The van der Waals surface area contributed by atoms with E-state index in [2.05, 4.69) is 24.5 Å². The zero-order valence-corrected chi connectivity index (χ0v) is 18.9. The van der Waals surface area contributed by atoms with Crippen LogP contribution in [0.1, 0.15) is 51.5 Å². The summed E-state index contributed by atoms with van der Waals surface area (Å²) in [6, 6.07) is 7.48. The maximum atomic E-state index is 13.3. The largest absolute Gasteiger partial charge is 0.340 e. The van der Waals surface area contributed by atoms with Crippen molar-refractivity contribution in [2.75, 3.05) is 20.2 Å². The van der Waals surface area contributed by atoms with Gasteiger partial charge in [0.05, 0.1) is 6.61 Å². The van der Waals surface area contributed by atoms with Crippen LogP contribution in [0.3, 0.4) is 0 Å². The number of nitrogens with one attached hydrogen (secondary N) is 2. The summed E-state index contributed by atoms with van der Waals surface area (Å²) in [5.41, 5.74) is 1.38. The van der Waals surface area contributed by atoms with Crippen molar-refractivity contribution >= 4 is 23.9 Å². The third-order valence-electron chi connectivity index (χ3n) is 4.96. The number of nitrogens with zero attached hydrogens (tertiary/aromatic N) is 2. The highest BCUT2D eigenvalue weighted by Gasteiger charge is 2.37. The van der Waals surface area contributed by atoms with E-state index in [1.165, 1.54) is 0 Å². The molecule has 0 saturated heterocycles. The fourth-order valence-corrected chi connectivity index (χ4v) is 3.36. The van der Waals surface area contributed by atoms with E-state index in [1.54, 1.807) is 11.9 Å². The molecule has 8 heteroatoms. The monoisotopic (exact) mass is 436 g/mol. The highest BCUT2D eigenvalue weighted by atomic mass is 35.5. The number of benzene rings is 1. The molecule has 1 aromatic carbocycles. The molecular weight excluding hydrogens is 404 g/mol. The third kappa shape index (κ3) is 6.64. The number of carbonyl (C=O) groups excluding carboxylic acids is 2. The molecule has 1 unspecified atom stereocenters. The van der Waals surface area contributed by atoms with E-state index in [0.717, 1.165) is 37.7 Å². The number of amides is 2. The lowest BCUT2D eigenvalue weighted by atomic mass is 10.2. The first kappa shape index (κ1) is 24.0. The predicted molar refractivity (Wildman–Crippen MR) is 118 cm³/mol. The minimum absolute atomic E-state index is 0.158. The minimum atomic E-state index is -0.543. The van der Waals surface area contributed by atoms with Gasteiger partial charge in [-0.1, -0.05) is 56.8 Å². The average molecular weight is 437 g/mol. The molecule has 0 saturated carbocycles. The molecule has 30 heavy (non-hydrogen) atoms. The molecule has 2 N–H and O–H groups in total. The summed E-state index contributed by atoms with van der Waals surface area (Å²) in [7, 11) is 1.78. The van der Waals surface area contributed by atoms with Crippen LogP contribution in [-0.4, -0.2) is 48.7 Å². The molecule has 7 nitrogen and oxygen atoms in total. The van der Waals surface area contributed by atoms with Gasteiger partial charge in [0.2, 0.25) is 12.8 Å². The zero-order chi connectivity index (χ0) is 21.9. The molecular formula is C22H33ClN4O3. The Morgan fingerprint density at radius 2 is 1.93 bits per heavy atom. The van der Waals surface area contributed by atoms with Crippen LogP contribution in [0.5, 0.6) is 0 Å². The first-order chi connectivity index (χ1) is 14.5. The number of ether oxygens (including phenoxy) is 1. The van der Waals surface area contributed by atoms with Crippen LogP contribution in [0.15, 0.2) is 35.8 Å². The topological polar surface area (TPSA) is 73.9 Å². The van der Waals surface area contributed by atoms with Gasteiger partial charge in [0.1, 0.15) is 11.5 Å². The van der Waals surface area contributed by atoms with Gasteiger partial charge in [-0.25, -0.2) is 0 Å². The zero-order valence-electron chi connectivity index (χ0n) is 18.1. The van der Waals surface area contributed by atoms with E-state index >= 15 is 0 Å². The Labute approximate surface area is 184 Å². The van der Waals surface area contributed by atoms with Crippen molar-refractivity contribution in [3.05, 3.63) is 46.4 Å². The number of hydrogen-bond acceptors (Lipinski definition) is 5. The van der Waals surface area contributed by atoms with E-state index in [9.17, 15) is 9.59 Å². The van der Waals surface area contributed by atoms with Gasteiger partial charge in [0.25, 0.3) is 5.91 Å². The Hall–Kier alpha value is -2.25. The predicted octanol–water partition coefficient (Wildman–Crippen LogP) is 3.41. The summed E-state index contributed by atoms with van der Waals surface area (Å²) in [5.74, 6) is 0.210. The van der Waals surface area contributed by atoms with Gasteiger partial charge in [0.15, 0.2) is 0 Å². The van der Waals surface area contributed by atoms with Crippen molar-refractivity contribution in [1.29, 1.82) is 0 Å². The Balaban J connectivity index is 2.28. The van der Waals surface area contributed by atoms with Crippen LogP contribution in [0, 0.1) is 0 Å². The average Bonchev–Trinajstić information content (AvgIpc) is 3.07. The Morgan fingerprint density at radius 3 is 2.57 bits per heavy atom. The highest BCUT2D eigenvalue weighted by molar-refractivity contribution is 6.30. The smallest absolute Gasteiger partial charge is 0.273 e. The second kappa shape index (κ2) is 12.4. The molecule has 0 aliphatic carbocycles. The molecule has 2 amide bonds. The molecule has 1 atom stereocenters. The molecule has 0 bridgehead atoms. The van der Waals surface area contributed by atoms with Crippen molar-refractivity contribution < 1.29 is 14.3 Å². The van der Waals surface area contributed by atoms with E-state index in [0.29, 0.717) is 42.6 Å². The Kier molecular flexibility index (Phi) is 9.97. The lowest BCUT2D eigenvalue weighted by Crippen LogP contribution is -2.43. The number of likely N-dealkylation sites (N-methyl/N-ethyl adjacent to an activating group) is 1. The van der Waals surface area contributed by atoms with Crippen molar-refractivity contribution in [3.8, 4) is 0 Å². The molecule has 1 aliphatic rings. The lowest BCUT2D eigenvalue weighted by molar-refractivity contribution is -0.130. The molecule has 1 aromatic rings. The van der Waals surface area contributed by atoms with Crippen LogP contribution in [-0.2, 0) is 20.9 Å². The Bertz CT molecular complexity index is 724. The van der Waals surface area contributed by atoms with Gasteiger partial charge in [-0.3, -0.25) is 9.59 Å². The summed E-state index contributed by atoms with van der Waals surface area (Å²) >= 11 is 6.02. The highest BCUT2D eigenvalue weighted by Crippen LogP contribution is 2.25. The number of halogens is 1. The van der Waals surface area contributed by atoms with E-state index in [1.807, 2.05) is 29.2 Å². The molecule has 2 rings (SSSR count). The van der Waals surface area contributed by atoms with E-state index in [-0.39, 0.29) is 5.91 Å². The van der Waals surface area contributed by atoms with Gasteiger partial charge < -0.3 is 25.2 Å². The van der Waals surface area contributed by atoms with Crippen molar-refractivity contribution in [2.24, 2.45) is 0 Å². The molecule has 0 aromatic heterocycles. The normalized spacial score (nSPS) is 15.9. The van der Waals surface area contributed by atoms with Crippen molar-refractivity contribution in [2.45, 2.75) is 58.8 Å². The van der Waals surface area contributed by atoms with Crippen LogP contribution in [0.4, 0.5) is 0 Å². The molecule has 0 spiro atoms. The number of unbranched alkanes of at least 4 members (excludes halogenated alkanes) is 3. The standard InChI is InChI=1S/C22H33ClN4O3/c1-4-6-8-14-30-22-25-20(24-16-28)19(21(29)26(3)13-7-5-2)27(22)15-17-9-11-18(23)12-10-17/h9-12,16,22,25H,4-8,13-15H2,1-3H3,(H,24,28). The van der Waals surface area contributed by atoms with E-state index < -0.39 is 6.35 Å². The molecule has 1 aliphatic heterocycles. The summed E-state index contributed by atoms with van der Waals surface area (Å²) in [6.45, 7) is 5.86. The first-order valence-corrected chi connectivity index (χ1v) is 11.0. The number of rotatable bonds is 13. The minimum Gasteiger partial charge on any atom is -0.340 e. The second-order valence-electron chi connectivity index (χ2n) is 7.40. The number of hydrogen-bond donors (Lipinski definition) is 2. The van der Waals surface area contributed by atoms with Crippen LogP contribution >= 0.6 is 11.6 Å². The first-order valence-electron chi connectivity index (χ1n) is 10.6.